The summed E-state index contributed by atoms with van der Waals surface area (Å²) in [5.41, 5.74) is 0.304. The Morgan fingerprint density at radius 3 is 2.46 bits per heavy atom. The van der Waals surface area contributed by atoms with Crippen LogP contribution in [-0.4, -0.2) is 68.3 Å². The highest BCUT2D eigenvalue weighted by Crippen LogP contribution is 2.27. The van der Waals surface area contributed by atoms with E-state index < -0.39 is 10.0 Å². The van der Waals surface area contributed by atoms with Gasteiger partial charge in [-0.2, -0.15) is 13.4 Å². The molecular weight excluding hydrogens is 382 g/mol. The Balaban J connectivity index is 1.91. The third kappa shape index (κ3) is 4.20. The van der Waals surface area contributed by atoms with Crippen molar-refractivity contribution in [1.29, 1.82) is 0 Å². The predicted octanol–water partition coefficient (Wildman–Crippen LogP) is 1.04. The molecule has 3 rings (SSSR count). The maximum absolute atomic E-state index is 12.9. The van der Waals surface area contributed by atoms with Gasteiger partial charge in [-0.25, -0.2) is 9.97 Å². The van der Waals surface area contributed by atoms with Gasteiger partial charge in [0.2, 0.25) is 5.95 Å². The molecule has 1 N–H and O–H groups in total. The first-order chi connectivity index (χ1) is 13.2. The van der Waals surface area contributed by atoms with Crippen molar-refractivity contribution in [2.45, 2.75) is 24.8 Å². The number of hydrogen-bond donors (Lipinski definition) is 1. The molecule has 0 bridgehead atoms. The van der Waals surface area contributed by atoms with Gasteiger partial charge < -0.3 is 19.1 Å². The number of ether oxygens (including phenoxy) is 1. The lowest BCUT2D eigenvalue weighted by Gasteiger charge is -2.28. The van der Waals surface area contributed by atoms with Gasteiger partial charge in [0.05, 0.1) is 19.4 Å². The Morgan fingerprint density at radius 2 is 1.89 bits per heavy atom. The van der Waals surface area contributed by atoms with Crippen molar-refractivity contribution < 1.29 is 13.2 Å². The monoisotopic (exact) mass is 409 g/mol. The van der Waals surface area contributed by atoms with E-state index in [0.717, 1.165) is 0 Å². The van der Waals surface area contributed by atoms with Gasteiger partial charge in [0.25, 0.3) is 10.0 Å². The molecule has 1 aliphatic heterocycles. The second-order valence-corrected chi connectivity index (χ2v) is 8.84. The number of nitrogens with zero attached hydrogens (tertiary/aromatic N) is 6. The van der Waals surface area contributed by atoms with Crippen molar-refractivity contribution in [2.75, 3.05) is 54.9 Å². The number of imidazole rings is 1. The fourth-order valence-corrected chi connectivity index (χ4v) is 4.06. The van der Waals surface area contributed by atoms with E-state index in [9.17, 15) is 8.42 Å². The summed E-state index contributed by atoms with van der Waals surface area (Å²) in [6.07, 6.45) is 3.01. The van der Waals surface area contributed by atoms with Crippen LogP contribution in [0.3, 0.4) is 0 Å². The van der Waals surface area contributed by atoms with Crippen LogP contribution in [0.2, 0.25) is 0 Å². The summed E-state index contributed by atoms with van der Waals surface area (Å²) in [5.74, 6) is 1.85. The minimum absolute atomic E-state index is 0.0272. The van der Waals surface area contributed by atoms with Crippen LogP contribution >= 0.6 is 0 Å². The number of nitrogens with one attached hydrogen (secondary N) is 1. The Morgan fingerprint density at radius 1 is 1.21 bits per heavy atom. The molecule has 10 nitrogen and oxygen atoms in total. The molecule has 0 aliphatic carbocycles. The molecule has 11 heteroatoms. The van der Waals surface area contributed by atoms with E-state index in [4.69, 9.17) is 4.74 Å². The molecule has 0 atom stereocenters. The zero-order chi connectivity index (χ0) is 20.5. The van der Waals surface area contributed by atoms with Crippen molar-refractivity contribution >= 4 is 27.5 Å². The number of aryl methyl sites for hydroxylation is 1. The molecule has 2 aromatic rings. The lowest BCUT2D eigenvalue weighted by atomic mass is 10.2. The zero-order valence-electron chi connectivity index (χ0n) is 16.9. The summed E-state index contributed by atoms with van der Waals surface area (Å²) < 4.78 is 35.4. The third-order valence-electron chi connectivity index (χ3n) is 4.40. The molecule has 1 fully saturated rings. The highest BCUT2D eigenvalue weighted by Gasteiger charge is 2.24. The number of anilines is 3. The Hall–Kier alpha value is -2.40. The molecule has 3 heterocycles. The van der Waals surface area contributed by atoms with Crippen LogP contribution in [0.5, 0.6) is 0 Å². The normalized spacial score (nSPS) is 15.1. The fraction of sp³-hybridized carbons (Fsp3) is 0.588. The second-order valence-electron chi connectivity index (χ2n) is 7.21. The van der Waals surface area contributed by atoms with E-state index in [0.29, 0.717) is 49.6 Å². The highest BCUT2D eigenvalue weighted by molar-refractivity contribution is 7.92. The molecule has 0 unspecified atom stereocenters. The van der Waals surface area contributed by atoms with E-state index in [1.54, 1.807) is 30.6 Å². The maximum Gasteiger partial charge on any atom is 0.281 e. The van der Waals surface area contributed by atoms with Gasteiger partial charge in [-0.1, -0.05) is 13.8 Å². The minimum atomic E-state index is -3.86. The smallest absolute Gasteiger partial charge is 0.281 e. The molecule has 2 aromatic heterocycles. The van der Waals surface area contributed by atoms with Gasteiger partial charge in [-0.15, -0.1) is 0 Å². The number of morpholine rings is 1. The Kier molecular flexibility index (Phi) is 5.75. The number of rotatable bonds is 6. The number of aromatic nitrogens is 4. The lowest BCUT2D eigenvalue weighted by Crippen LogP contribution is -2.37. The van der Waals surface area contributed by atoms with Gasteiger partial charge >= 0.3 is 0 Å². The van der Waals surface area contributed by atoms with E-state index in [-0.39, 0.29) is 10.9 Å². The molecule has 1 aliphatic rings. The van der Waals surface area contributed by atoms with Gasteiger partial charge in [0.1, 0.15) is 11.5 Å². The van der Waals surface area contributed by atoms with Crippen molar-refractivity contribution in [1.82, 2.24) is 19.5 Å². The van der Waals surface area contributed by atoms with Crippen molar-refractivity contribution in [3.8, 4) is 0 Å². The van der Waals surface area contributed by atoms with Crippen LogP contribution in [0, 0.1) is 0 Å². The molecular formula is C17H27N7O3S. The molecule has 28 heavy (non-hydrogen) atoms. The summed E-state index contributed by atoms with van der Waals surface area (Å²) in [6.45, 7) is 6.57. The summed E-state index contributed by atoms with van der Waals surface area (Å²) in [7, 11) is 1.53. The predicted molar refractivity (Wildman–Crippen MR) is 107 cm³/mol. The molecule has 154 valence electrons. The van der Waals surface area contributed by atoms with E-state index in [1.165, 1.54) is 12.4 Å². The summed E-state index contributed by atoms with van der Waals surface area (Å²) >= 11 is 0. The molecule has 0 spiro atoms. The molecule has 0 saturated carbocycles. The van der Waals surface area contributed by atoms with Crippen LogP contribution in [0.4, 0.5) is 17.5 Å². The zero-order valence-corrected chi connectivity index (χ0v) is 17.7. The van der Waals surface area contributed by atoms with Gasteiger partial charge in [0.15, 0.2) is 10.8 Å². The van der Waals surface area contributed by atoms with Crippen LogP contribution < -0.4 is 14.5 Å². The van der Waals surface area contributed by atoms with Crippen molar-refractivity contribution in [2.24, 2.45) is 7.05 Å². The molecule has 0 aromatic carbocycles. The van der Waals surface area contributed by atoms with Crippen molar-refractivity contribution in [3.63, 3.8) is 0 Å². The largest absolute Gasteiger partial charge is 0.378 e. The first-order valence-corrected chi connectivity index (χ1v) is 10.6. The van der Waals surface area contributed by atoms with Crippen LogP contribution in [0.1, 0.15) is 25.6 Å². The first kappa shape index (κ1) is 20.3. The van der Waals surface area contributed by atoms with Crippen LogP contribution in [-0.2, 0) is 21.8 Å². The van der Waals surface area contributed by atoms with Crippen LogP contribution in [0.25, 0.3) is 0 Å². The summed E-state index contributed by atoms with van der Waals surface area (Å²) in [5, 5.41) is -0.0272. The third-order valence-corrected chi connectivity index (χ3v) is 5.64. The SMILES string of the molecule is CC(C)c1nc(S(=O)(=O)Nc2cnc(N3CCOCC3)nc2N(C)C)cn1C. The van der Waals surface area contributed by atoms with Crippen molar-refractivity contribution in [3.05, 3.63) is 18.2 Å². The topological polar surface area (TPSA) is 105 Å². The van der Waals surface area contributed by atoms with Gasteiger partial charge in [-0.3, -0.25) is 4.72 Å². The van der Waals surface area contributed by atoms with E-state index >= 15 is 0 Å². The van der Waals surface area contributed by atoms with E-state index in [1.807, 2.05) is 18.7 Å². The molecule has 0 radical (unpaired) electrons. The maximum atomic E-state index is 12.9. The average molecular weight is 410 g/mol. The molecule has 1 saturated heterocycles. The fourth-order valence-electron chi connectivity index (χ4n) is 3.01. The second kappa shape index (κ2) is 7.92. The Labute approximate surface area is 165 Å². The summed E-state index contributed by atoms with van der Waals surface area (Å²) in [6, 6.07) is 0. The first-order valence-electron chi connectivity index (χ1n) is 9.12. The lowest BCUT2D eigenvalue weighted by molar-refractivity contribution is 0.122. The van der Waals surface area contributed by atoms with Gasteiger partial charge in [0, 0.05) is 46.3 Å². The quantitative estimate of drug-likeness (QED) is 0.754. The molecule has 0 amide bonds. The standard InChI is InChI=1S/C17H27N7O3S/c1-12(2)15-19-14(11-23(15)5)28(25,26)21-13-10-18-17(20-16(13)22(3)4)24-6-8-27-9-7-24/h10-12,21H,6-9H2,1-5H3. The number of hydrogen-bond acceptors (Lipinski definition) is 8. The minimum Gasteiger partial charge on any atom is -0.378 e. The average Bonchev–Trinajstić information content (AvgIpc) is 3.05. The number of sulfonamides is 1. The summed E-state index contributed by atoms with van der Waals surface area (Å²) in [4.78, 5) is 17.0. The Bertz CT molecular complexity index is 934. The van der Waals surface area contributed by atoms with Gasteiger partial charge in [-0.05, 0) is 0 Å². The van der Waals surface area contributed by atoms with Crippen LogP contribution in [0.15, 0.2) is 17.4 Å². The highest BCUT2D eigenvalue weighted by atomic mass is 32.2. The van der Waals surface area contributed by atoms with E-state index in [2.05, 4.69) is 19.7 Å².